The molecule has 4 rings (SSSR count). The Bertz CT molecular complexity index is 1070. The van der Waals surface area contributed by atoms with E-state index >= 15 is 0 Å². The van der Waals surface area contributed by atoms with Crippen LogP contribution in [0.1, 0.15) is 23.2 Å². The van der Waals surface area contributed by atoms with Crippen LogP contribution in [-0.4, -0.2) is 18.0 Å². The number of benzene rings is 2. The van der Waals surface area contributed by atoms with Gasteiger partial charge in [-0.1, -0.05) is 18.2 Å². The van der Waals surface area contributed by atoms with Crippen LogP contribution in [0.15, 0.2) is 63.8 Å². The minimum Gasteiger partial charge on any atom is -0.422 e. The maximum atomic E-state index is 12.4. The van der Waals surface area contributed by atoms with Crippen molar-refractivity contribution in [3.8, 4) is 0 Å². The maximum Gasteiger partial charge on any atom is 0.349 e. The fraction of sp³-hybridized carbons (Fsp3) is 0.150. The molecule has 0 radical (unpaired) electrons. The highest BCUT2D eigenvalue weighted by molar-refractivity contribution is 6.05. The van der Waals surface area contributed by atoms with Gasteiger partial charge in [-0.05, 0) is 49.2 Å². The van der Waals surface area contributed by atoms with Gasteiger partial charge in [-0.3, -0.25) is 4.79 Å². The largest absolute Gasteiger partial charge is 0.422 e. The Kier molecular flexibility index (Phi) is 4.33. The van der Waals surface area contributed by atoms with E-state index < -0.39 is 11.5 Å². The van der Waals surface area contributed by atoms with Gasteiger partial charge in [-0.15, -0.1) is 0 Å². The van der Waals surface area contributed by atoms with Crippen molar-refractivity contribution in [1.29, 1.82) is 0 Å². The lowest BCUT2D eigenvalue weighted by atomic mass is 10.1. The van der Waals surface area contributed by atoms with Gasteiger partial charge in [0.25, 0.3) is 5.91 Å². The van der Waals surface area contributed by atoms with Crippen molar-refractivity contribution in [2.24, 2.45) is 0 Å². The molecule has 1 aliphatic rings. The van der Waals surface area contributed by atoms with Crippen molar-refractivity contribution in [3.63, 3.8) is 0 Å². The Morgan fingerprint density at radius 3 is 2.30 bits per heavy atom. The molecule has 1 aliphatic carbocycles. The first-order chi connectivity index (χ1) is 13.1. The van der Waals surface area contributed by atoms with Crippen LogP contribution in [0.3, 0.4) is 0 Å². The molecule has 7 heteroatoms. The molecular weight excluding hydrogens is 346 g/mol. The van der Waals surface area contributed by atoms with Gasteiger partial charge < -0.3 is 20.4 Å². The molecule has 0 bridgehead atoms. The number of hydrogen-bond acceptors (Lipinski definition) is 4. The van der Waals surface area contributed by atoms with Crippen molar-refractivity contribution in [2.75, 3.05) is 10.6 Å². The zero-order valence-electron chi connectivity index (χ0n) is 14.3. The number of fused-ring (bicyclic) bond motifs is 1. The predicted molar refractivity (Wildman–Crippen MR) is 102 cm³/mol. The summed E-state index contributed by atoms with van der Waals surface area (Å²) in [5.41, 5.74) is 0.775. The van der Waals surface area contributed by atoms with E-state index in [1.807, 2.05) is 0 Å². The molecular formula is C20H17N3O4. The Balaban J connectivity index is 1.45. The van der Waals surface area contributed by atoms with E-state index in [-0.39, 0.29) is 17.6 Å². The Morgan fingerprint density at radius 1 is 0.926 bits per heavy atom. The topological polar surface area (TPSA) is 100 Å². The van der Waals surface area contributed by atoms with Crippen LogP contribution in [0.5, 0.6) is 0 Å². The van der Waals surface area contributed by atoms with Gasteiger partial charge >= 0.3 is 11.7 Å². The summed E-state index contributed by atoms with van der Waals surface area (Å²) in [4.78, 5) is 36.2. The van der Waals surface area contributed by atoms with Crippen molar-refractivity contribution < 1.29 is 14.0 Å². The van der Waals surface area contributed by atoms with Crippen molar-refractivity contribution >= 4 is 34.3 Å². The van der Waals surface area contributed by atoms with Gasteiger partial charge in [0.1, 0.15) is 11.1 Å². The number of anilines is 2. The number of carbonyl (C=O) groups is 2. The van der Waals surface area contributed by atoms with E-state index in [0.717, 1.165) is 12.8 Å². The summed E-state index contributed by atoms with van der Waals surface area (Å²) < 4.78 is 5.18. The van der Waals surface area contributed by atoms with Crippen molar-refractivity contribution in [3.05, 3.63) is 70.6 Å². The predicted octanol–water partition coefficient (Wildman–Crippen LogP) is 3.33. The van der Waals surface area contributed by atoms with Crippen LogP contribution in [-0.2, 0) is 0 Å². The summed E-state index contributed by atoms with van der Waals surface area (Å²) >= 11 is 0. The summed E-state index contributed by atoms with van der Waals surface area (Å²) in [6.07, 6.45) is 2.03. The SMILES string of the molecule is O=C(Nc1ccc(NC(=O)c2cc3ccccc3oc2=O)cc1)NC1CC1. The van der Waals surface area contributed by atoms with E-state index in [1.165, 1.54) is 6.07 Å². The van der Waals surface area contributed by atoms with Gasteiger partial charge in [0, 0.05) is 22.8 Å². The summed E-state index contributed by atoms with van der Waals surface area (Å²) in [6.45, 7) is 0. The van der Waals surface area contributed by atoms with Crippen LogP contribution in [0.25, 0.3) is 11.0 Å². The van der Waals surface area contributed by atoms with E-state index in [0.29, 0.717) is 22.3 Å². The molecule has 136 valence electrons. The summed E-state index contributed by atoms with van der Waals surface area (Å²) in [5, 5.41) is 8.88. The Labute approximate surface area is 154 Å². The van der Waals surface area contributed by atoms with Crippen LogP contribution in [0, 0.1) is 0 Å². The zero-order chi connectivity index (χ0) is 18.8. The lowest BCUT2D eigenvalue weighted by molar-refractivity contribution is 0.102. The highest BCUT2D eigenvalue weighted by atomic mass is 16.4. The molecule has 1 saturated carbocycles. The highest BCUT2D eigenvalue weighted by Crippen LogP contribution is 2.19. The third kappa shape index (κ3) is 3.98. The number of nitrogens with one attached hydrogen (secondary N) is 3. The monoisotopic (exact) mass is 363 g/mol. The molecule has 0 unspecified atom stereocenters. The first-order valence-corrected chi connectivity index (χ1v) is 8.60. The molecule has 0 spiro atoms. The molecule has 1 heterocycles. The normalized spacial score (nSPS) is 13.2. The molecule has 3 aromatic rings. The fourth-order valence-corrected chi connectivity index (χ4v) is 2.64. The zero-order valence-corrected chi connectivity index (χ0v) is 14.3. The number of urea groups is 1. The van der Waals surface area contributed by atoms with Crippen LogP contribution < -0.4 is 21.6 Å². The standard InChI is InChI=1S/C20H17N3O4/c24-18(16-11-12-3-1-2-4-17(12)27-19(16)25)21-13-5-7-14(8-6-13)22-20(26)23-15-9-10-15/h1-8,11,15H,9-10H2,(H,21,24)(H2,22,23,26). The second kappa shape index (κ2) is 6.95. The van der Waals surface area contributed by atoms with E-state index in [2.05, 4.69) is 16.0 Å². The Hall–Kier alpha value is -3.61. The van der Waals surface area contributed by atoms with Gasteiger partial charge in [0.2, 0.25) is 0 Å². The van der Waals surface area contributed by atoms with Crippen LogP contribution >= 0.6 is 0 Å². The second-order valence-corrected chi connectivity index (χ2v) is 6.39. The molecule has 27 heavy (non-hydrogen) atoms. The third-order valence-electron chi connectivity index (χ3n) is 4.20. The van der Waals surface area contributed by atoms with Gasteiger partial charge in [0.05, 0.1) is 0 Å². The smallest absolute Gasteiger partial charge is 0.349 e. The second-order valence-electron chi connectivity index (χ2n) is 6.39. The third-order valence-corrected chi connectivity index (χ3v) is 4.20. The first-order valence-electron chi connectivity index (χ1n) is 8.60. The minimum absolute atomic E-state index is 0.0697. The number of carbonyl (C=O) groups excluding carboxylic acids is 2. The fourth-order valence-electron chi connectivity index (χ4n) is 2.64. The van der Waals surface area contributed by atoms with Crippen LogP contribution in [0.4, 0.5) is 16.2 Å². The van der Waals surface area contributed by atoms with Crippen LogP contribution in [0.2, 0.25) is 0 Å². The number of hydrogen-bond donors (Lipinski definition) is 3. The molecule has 3 amide bonds. The number of para-hydroxylation sites is 1. The quantitative estimate of drug-likeness (QED) is 0.619. The number of amides is 3. The van der Waals surface area contributed by atoms with E-state index in [1.54, 1.807) is 48.5 Å². The molecule has 0 saturated heterocycles. The first kappa shape index (κ1) is 16.8. The Morgan fingerprint density at radius 2 is 1.59 bits per heavy atom. The van der Waals surface area contributed by atoms with E-state index in [9.17, 15) is 14.4 Å². The molecule has 3 N–H and O–H groups in total. The molecule has 2 aromatic carbocycles. The average Bonchev–Trinajstić information content (AvgIpc) is 3.46. The lowest BCUT2D eigenvalue weighted by Crippen LogP contribution is -2.30. The molecule has 1 fully saturated rings. The summed E-state index contributed by atoms with van der Waals surface area (Å²) in [6, 6.07) is 15.2. The van der Waals surface area contributed by atoms with Gasteiger partial charge in [-0.2, -0.15) is 0 Å². The molecule has 1 aromatic heterocycles. The van der Waals surface area contributed by atoms with E-state index in [4.69, 9.17) is 4.42 Å². The minimum atomic E-state index is -0.693. The van der Waals surface area contributed by atoms with Gasteiger partial charge in [-0.25, -0.2) is 9.59 Å². The number of rotatable bonds is 4. The lowest BCUT2D eigenvalue weighted by Gasteiger charge is -2.08. The molecule has 0 atom stereocenters. The van der Waals surface area contributed by atoms with Gasteiger partial charge in [0.15, 0.2) is 0 Å². The summed E-state index contributed by atoms with van der Waals surface area (Å²) in [7, 11) is 0. The molecule has 0 aliphatic heterocycles. The highest BCUT2D eigenvalue weighted by Gasteiger charge is 2.23. The molecule has 7 nitrogen and oxygen atoms in total. The van der Waals surface area contributed by atoms with Crippen molar-refractivity contribution in [1.82, 2.24) is 5.32 Å². The van der Waals surface area contributed by atoms with Crippen molar-refractivity contribution in [2.45, 2.75) is 18.9 Å². The maximum absolute atomic E-state index is 12.4. The average molecular weight is 363 g/mol. The summed E-state index contributed by atoms with van der Waals surface area (Å²) in [5.74, 6) is -0.554.